The molecule has 1 atom stereocenters. The van der Waals surface area contributed by atoms with E-state index < -0.39 is 0 Å². The van der Waals surface area contributed by atoms with Crippen molar-refractivity contribution in [2.75, 3.05) is 12.5 Å². The molecule has 0 aromatic rings. The molecular formula is C4H12Al2N2O. The molecule has 1 amide bonds. The number of carbonyl (C=O) groups excluding carboxylic acids is 1. The summed E-state index contributed by atoms with van der Waals surface area (Å²) in [4.78, 5) is 12.6. The third-order valence-corrected chi connectivity index (χ3v) is 4.02. The molecule has 2 N–H and O–H groups in total. The number of nitrogens with zero attached hydrogens (tertiary/aromatic N) is 1. The predicted octanol–water partition coefficient (Wildman–Crippen LogP) is -3.05. The summed E-state index contributed by atoms with van der Waals surface area (Å²) in [6.45, 7) is 0. The van der Waals surface area contributed by atoms with Crippen molar-refractivity contribution in [2.45, 2.75) is 4.90 Å². The molecule has 1 unspecified atom stereocenters. The van der Waals surface area contributed by atoms with Crippen molar-refractivity contribution in [1.82, 2.24) is 4.90 Å². The number of carbonyl (C=O) groups is 1. The standard InChI is InChI=1S/C4H8N2O.2Al.4H/c1-6(2)3-4(5)7;;;;;;/h3H,1H2,2H3,(H2,5,7);;;;;;. The summed E-state index contributed by atoms with van der Waals surface area (Å²) in [7, 11) is 1.94. The maximum absolute atomic E-state index is 10.5. The molecule has 5 heteroatoms. The summed E-state index contributed by atoms with van der Waals surface area (Å²) in [6, 6.07) is 0. The fraction of sp³-hybridized carbons (Fsp3) is 0.750. The van der Waals surface area contributed by atoms with Crippen molar-refractivity contribution in [1.29, 1.82) is 0 Å². The molecule has 0 fully saturated rings. The molecule has 0 heterocycles. The van der Waals surface area contributed by atoms with Gasteiger partial charge in [0.1, 0.15) is 0 Å². The SMILES string of the molecule is CN([CH2][AlH2])[CH]([AlH2])C(N)=O. The average molecular weight is 158 g/mol. The Balaban J connectivity index is 3.72. The first-order chi connectivity index (χ1) is 4.09. The molecule has 0 spiro atoms. The van der Waals surface area contributed by atoms with Crippen LogP contribution in [0.2, 0.25) is 0 Å². The minimum Gasteiger partial charge on any atom is -0.369 e. The Morgan fingerprint density at radius 1 is 1.89 bits per heavy atom. The Bertz CT molecular complexity index is 109. The summed E-state index contributed by atoms with van der Waals surface area (Å²) in [6.07, 6.45) is 0. The highest BCUT2D eigenvalue weighted by atomic mass is 27.1. The van der Waals surface area contributed by atoms with E-state index in [1.165, 1.54) is 0 Å². The Hall–Kier alpha value is 0.495. The van der Waals surface area contributed by atoms with Crippen LogP contribution in [0.4, 0.5) is 0 Å². The molecule has 0 aromatic heterocycles. The fourth-order valence-corrected chi connectivity index (χ4v) is 2.13. The second kappa shape index (κ2) is 4.33. The van der Waals surface area contributed by atoms with Gasteiger partial charge in [0.15, 0.2) is 0 Å². The van der Waals surface area contributed by atoms with Gasteiger partial charge in [0.2, 0.25) is 22.2 Å². The first-order valence-corrected chi connectivity index (χ1v) is 5.66. The molecular weight excluding hydrogens is 146 g/mol. The monoisotopic (exact) mass is 158 g/mol. The third-order valence-electron chi connectivity index (χ3n) is 1.57. The van der Waals surface area contributed by atoms with Crippen LogP contribution in [0.25, 0.3) is 0 Å². The van der Waals surface area contributed by atoms with Gasteiger partial charge in [-0.1, -0.05) is 5.41 Å². The highest BCUT2D eigenvalue weighted by Gasteiger charge is 2.11. The van der Waals surface area contributed by atoms with E-state index in [0.29, 0.717) is 0 Å². The van der Waals surface area contributed by atoms with Crippen LogP contribution in [0.1, 0.15) is 0 Å². The number of amides is 1. The minimum absolute atomic E-state index is 0.0301. The molecule has 0 aliphatic heterocycles. The topological polar surface area (TPSA) is 46.3 Å². The van der Waals surface area contributed by atoms with Gasteiger partial charge in [-0.2, -0.15) is 0 Å². The molecule has 0 saturated heterocycles. The lowest BCUT2D eigenvalue weighted by Crippen LogP contribution is -2.43. The van der Waals surface area contributed by atoms with Gasteiger partial charge in [0, 0.05) is 4.90 Å². The van der Waals surface area contributed by atoms with E-state index in [2.05, 4.69) is 0 Å². The van der Waals surface area contributed by atoms with E-state index in [-0.39, 0.29) is 10.8 Å². The van der Waals surface area contributed by atoms with E-state index in [9.17, 15) is 4.79 Å². The fourth-order valence-electron chi connectivity index (χ4n) is 0.491. The van der Waals surface area contributed by atoms with Crippen LogP contribution in [-0.2, 0) is 4.79 Å². The maximum Gasteiger partial charge on any atom is 0.254 e. The van der Waals surface area contributed by atoms with Crippen LogP contribution in [0.3, 0.4) is 0 Å². The highest BCUT2D eigenvalue weighted by Crippen LogP contribution is 1.85. The number of hydrogen-bond acceptors (Lipinski definition) is 2. The first kappa shape index (κ1) is 9.49. The number of rotatable bonds is 3. The molecule has 9 heavy (non-hydrogen) atoms. The largest absolute Gasteiger partial charge is 0.369 e. The number of likely N-dealkylation sites (N-methyl/N-ethyl adjacent to an activating group) is 1. The smallest absolute Gasteiger partial charge is 0.254 e. The molecule has 0 aliphatic carbocycles. The van der Waals surface area contributed by atoms with Gasteiger partial charge < -0.3 is 10.6 Å². The molecule has 3 nitrogen and oxygen atoms in total. The van der Waals surface area contributed by atoms with Gasteiger partial charge in [0.05, 0.1) is 0 Å². The zero-order valence-corrected chi connectivity index (χ0v) is 10.2. The summed E-state index contributed by atoms with van der Waals surface area (Å²) in [5, 5.41) is 1.02. The number of hydrogen-bond donors (Lipinski definition) is 1. The quantitative estimate of drug-likeness (QED) is 0.444. The summed E-state index contributed by atoms with van der Waals surface area (Å²) in [5.74, 6) is -0.181. The van der Waals surface area contributed by atoms with Crippen LogP contribution < -0.4 is 5.73 Å². The van der Waals surface area contributed by atoms with E-state index in [4.69, 9.17) is 5.73 Å². The number of nitrogens with two attached hydrogens (primary N) is 1. The molecule has 0 saturated carbocycles. The van der Waals surface area contributed by atoms with Crippen molar-refractivity contribution in [2.24, 2.45) is 5.73 Å². The third kappa shape index (κ3) is 3.25. The molecule has 0 aliphatic rings. The lowest BCUT2D eigenvalue weighted by atomic mass is 10.5. The second-order valence-corrected chi connectivity index (χ2v) is 3.88. The van der Waals surface area contributed by atoms with Crippen LogP contribution in [0.15, 0.2) is 0 Å². The van der Waals surface area contributed by atoms with Gasteiger partial charge in [-0.25, -0.2) is 0 Å². The van der Waals surface area contributed by atoms with E-state index >= 15 is 0 Å². The molecule has 0 bridgehead atoms. The predicted molar refractivity (Wildman–Crippen MR) is 42.7 cm³/mol. The van der Waals surface area contributed by atoms with Crippen LogP contribution >= 0.6 is 0 Å². The lowest BCUT2D eigenvalue weighted by Gasteiger charge is -2.20. The van der Waals surface area contributed by atoms with Crippen LogP contribution in [0, 0.1) is 0 Å². The highest BCUT2D eigenvalue weighted by molar-refractivity contribution is 6.24. The van der Waals surface area contributed by atoms with Crippen LogP contribution in [0.5, 0.6) is 0 Å². The summed E-state index contributed by atoms with van der Waals surface area (Å²) < 4.78 is 0. The van der Waals surface area contributed by atoms with Crippen molar-refractivity contribution < 1.29 is 4.79 Å². The van der Waals surface area contributed by atoms with Gasteiger partial charge in [-0.15, -0.1) is 0 Å². The normalized spacial score (nSPS) is 13.6. The van der Waals surface area contributed by atoms with Crippen molar-refractivity contribution in [3.8, 4) is 0 Å². The van der Waals surface area contributed by atoms with Crippen molar-refractivity contribution >= 4 is 38.5 Å². The van der Waals surface area contributed by atoms with E-state index in [1.54, 1.807) is 0 Å². The van der Waals surface area contributed by atoms with Crippen LogP contribution in [-0.4, -0.2) is 60.7 Å². The first-order valence-electron chi connectivity index (χ1n) is 3.09. The Morgan fingerprint density at radius 2 is 2.33 bits per heavy atom. The molecule has 0 radical (unpaired) electrons. The maximum atomic E-state index is 10.5. The van der Waals surface area contributed by atoms with Gasteiger partial charge in [-0.05, 0) is 7.05 Å². The van der Waals surface area contributed by atoms with Crippen molar-refractivity contribution in [3.05, 3.63) is 0 Å². The van der Waals surface area contributed by atoms with Gasteiger partial charge in [0.25, 0.3) is 16.3 Å². The molecule has 50 valence electrons. The van der Waals surface area contributed by atoms with Gasteiger partial charge >= 0.3 is 0 Å². The summed E-state index contributed by atoms with van der Waals surface area (Å²) in [5.41, 5.74) is 5.08. The Labute approximate surface area is 71.4 Å². The van der Waals surface area contributed by atoms with Crippen molar-refractivity contribution in [3.63, 3.8) is 0 Å². The lowest BCUT2D eigenvalue weighted by molar-refractivity contribution is -0.120. The summed E-state index contributed by atoms with van der Waals surface area (Å²) >= 11 is 1.95. The number of primary amides is 1. The van der Waals surface area contributed by atoms with E-state index in [1.807, 2.05) is 11.9 Å². The zero-order valence-electron chi connectivity index (χ0n) is 6.22. The average Bonchev–Trinajstić information content (AvgIpc) is 1.84. The van der Waals surface area contributed by atoms with E-state index in [0.717, 1.165) is 38.0 Å². The molecule has 0 rings (SSSR count). The Morgan fingerprint density at radius 3 is 2.44 bits per heavy atom. The zero-order chi connectivity index (χ0) is 7.44. The minimum atomic E-state index is -0.181. The molecule has 0 aromatic carbocycles. The Kier molecular flexibility index (Phi) is 4.57. The second-order valence-electron chi connectivity index (χ2n) is 2.15. The van der Waals surface area contributed by atoms with Gasteiger partial charge in [-0.3, -0.25) is 4.79 Å².